The summed E-state index contributed by atoms with van der Waals surface area (Å²) in [6.07, 6.45) is 5.22. The zero-order chi connectivity index (χ0) is 30.3. The molecule has 1 heterocycles. The van der Waals surface area contributed by atoms with Crippen LogP contribution in [0.3, 0.4) is 0 Å². The van der Waals surface area contributed by atoms with Crippen LogP contribution in [0.25, 0.3) is 16.9 Å². The summed E-state index contributed by atoms with van der Waals surface area (Å²) in [5.74, 6) is 3.38. The van der Waals surface area contributed by atoms with Gasteiger partial charge in [-0.2, -0.15) is 0 Å². The molecular weight excluding hydrogens is 586 g/mol. The average Bonchev–Trinajstić information content (AvgIpc) is 3.45. The lowest BCUT2D eigenvalue weighted by atomic mass is 10.0. The average molecular weight is 635 g/mol. The maximum atomic E-state index is 6.02. The number of hydrogen-bond acceptors (Lipinski definition) is 4. The number of nitrogens with zero attached hydrogens (tertiary/aromatic N) is 3. The van der Waals surface area contributed by atoms with Crippen molar-refractivity contribution in [3.05, 3.63) is 94.9 Å². The molecule has 0 spiro atoms. The molecule has 0 N–H and O–H groups in total. The first-order chi connectivity index (χ1) is 20.5. The summed E-state index contributed by atoms with van der Waals surface area (Å²) in [5.41, 5.74) is 4.28. The third-order valence-electron chi connectivity index (χ3n) is 7.37. The molecule has 226 valence electrons. The fourth-order valence-electron chi connectivity index (χ4n) is 4.57. The van der Waals surface area contributed by atoms with E-state index in [0.717, 1.165) is 89.8 Å². The van der Waals surface area contributed by atoms with Crippen molar-refractivity contribution >= 4 is 15.9 Å². The summed E-state index contributed by atoms with van der Waals surface area (Å²) in [5, 5.41) is 0. The van der Waals surface area contributed by atoms with Crippen molar-refractivity contribution in [2.24, 2.45) is 5.92 Å². The van der Waals surface area contributed by atoms with Crippen molar-refractivity contribution in [1.29, 1.82) is 0 Å². The summed E-state index contributed by atoms with van der Waals surface area (Å²) < 4.78 is 15.3. The highest BCUT2D eigenvalue weighted by molar-refractivity contribution is 9.10. The fraction of sp³-hybridized carbons (Fsp3) is 0.417. The van der Waals surface area contributed by atoms with Gasteiger partial charge in [-0.3, -0.25) is 0 Å². The van der Waals surface area contributed by atoms with E-state index in [9.17, 15) is 0 Å². The number of ether oxygens (including phenoxy) is 2. The number of benzene rings is 3. The Morgan fingerprint density at radius 2 is 1.45 bits per heavy atom. The van der Waals surface area contributed by atoms with Crippen molar-refractivity contribution in [3.8, 4) is 28.4 Å². The molecule has 42 heavy (non-hydrogen) atoms. The van der Waals surface area contributed by atoms with Gasteiger partial charge in [0.2, 0.25) is 0 Å². The molecule has 1 atom stereocenters. The summed E-state index contributed by atoms with van der Waals surface area (Å²) in [4.78, 5) is 7.50. The summed E-state index contributed by atoms with van der Waals surface area (Å²) in [6.45, 7) is 17.4. The van der Waals surface area contributed by atoms with Crippen LogP contribution in [0.2, 0.25) is 0 Å². The Morgan fingerprint density at radius 3 is 2.07 bits per heavy atom. The maximum absolute atomic E-state index is 6.02. The minimum absolute atomic E-state index is 0.538. The van der Waals surface area contributed by atoms with Gasteiger partial charge in [-0.05, 0) is 91.7 Å². The van der Waals surface area contributed by atoms with Crippen LogP contribution < -0.4 is 9.47 Å². The van der Waals surface area contributed by atoms with Gasteiger partial charge in [-0.1, -0.05) is 76.0 Å². The van der Waals surface area contributed by atoms with E-state index >= 15 is 0 Å². The van der Waals surface area contributed by atoms with Crippen molar-refractivity contribution in [1.82, 2.24) is 14.5 Å². The second-order valence-electron chi connectivity index (χ2n) is 10.3. The quantitative estimate of drug-likeness (QED) is 0.122. The van der Waals surface area contributed by atoms with Gasteiger partial charge in [0.25, 0.3) is 0 Å². The van der Waals surface area contributed by atoms with Crippen LogP contribution in [0.4, 0.5) is 0 Å². The van der Waals surface area contributed by atoms with Gasteiger partial charge in [0.05, 0.1) is 12.3 Å². The normalized spacial score (nSPS) is 11.6. The number of rotatable bonds is 15. The molecule has 6 heteroatoms. The molecule has 0 saturated heterocycles. The molecule has 5 nitrogen and oxygen atoms in total. The smallest absolute Gasteiger partial charge is 0.119 e. The second kappa shape index (κ2) is 17.8. The molecule has 0 aliphatic carbocycles. The zero-order valence-corrected chi connectivity index (χ0v) is 27.9. The minimum atomic E-state index is 0.538. The zero-order valence-electron chi connectivity index (χ0n) is 26.3. The minimum Gasteiger partial charge on any atom is -0.494 e. The monoisotopic (exact) mass is 633 g/mol. The van der Waals surface area contributed by atoms with Crippen LogP contribution in [0.15, 0.2) is 83.5 Å². The third-order valence-corrected chi connectivity index (χ3v) is 7.90. The fourth-order valence-corrected chi connectivity index (χ4v) is 4.84. The molecule has 1 unspecified atom stereocenters. The standard InChI is InChI=1S/C34H42BrN3O2.C2H6/c1-5-26(4)23-34-36-33(28-11-17-32(18-12-28)40-25-27-9-13-29(35)14-10-27)24-38(34)30-15-19-31(20-16-30)39-22-8-21-37(6-2)7-3;1-2/h9-20,24,26H,5-8,21-23,25H2,1-4H3;1-2H3. The lowest BCUT2D eigenvalue weighted by molar-refractivity contribution is 0.249. The van der Waals surface area contributed by atoms with E-state index in [1.807, 2.05) is 38.1 Å². The van der Waals surface area contributed by atoms with Gasteiger partial charge in [-0.15, -0.1) is 0 Å². The Balaban J connectivity index is 0.00000237. The SMILES string of the molecule is CC.CCC(C)Cc1nc(-c2ccc(OCc3ccc(Br)cc3)cc2)cn1-c1ccc(OCCCN(CC)CC)cc1. The molecule has 4 rings (SSSR count). The lowest BCUT2D eigenvalue weighted by Gasteiger charge is -2.17. The highest BCUT2D eigenvalue weighted by Gasteiger charge is 2.14. The summed E-state index contributed by atoms with van der Waals surface area (Å²) in [7, 11) is 0. The van der Waals surface area contributed by atoms with Crippen LogP contribution in [0.5, 0.6) is 11.5 Å². The second-order valence-corrected chi connectivity index (χ2v) is 11.2. The highest BCUT2D eigenvalue weighted by Crippen LogP contribution is 2.27. The first-order valence-corrected chi connectivity index (χ1v) is 16.3. The first-order valence-electron chi connectivity index (χ1n) is 15.5. The third kappa shape index (κ3) is 10.0. The molecule has 0 fully saturated rings. The van der Waals surface area contributed by atoms with Gasteiger partial charge >= 0.3 is 0 Å². The molecule has 0 radical (unpaired) electrons. The molecular formula is C36H48BrN3O2. The lowest BCUT2D eigenvalue weighted by Crippen LogP contribution is -2.25. The Labute approximate surface area is 262 Å². The predicted molar refractivity (Wildman–Crippen MR) is 180 cm³/mol. The van der Waals surface area contributed by atoms with Crippen molar-refractivity contribution in [3.63, 3.8) is 0 Å². The summed E-state index contributed by atoms with van der Waals surface area (Å²) >= 11 is 3.48. The highest BCUT2D eigenvalue weighted by atomic mass is 79.9. The van der Waals surface area contributed by atoms with Crippen LogP contribution in [-0.2, 0) is 13.0 Å². The van der Waals surface area contributed by atoms with Gasteiger partial charge in [-0.25, -0.2) is 4.98 Å². The van der Waals surface area contributed by atoms with Crippen LogP contribution >= 0.6 is 15.9 Å². The Morgan fingerprint density at radius 1 is 0.833 bits per heavy atom. The van der Waals surface area contributed by atoms with Gasteiger partial charge in [0, 0.05) is 34.9 Å². The molecule has 3 aromatic carbocycles. The molecule has 4 aromatic rings. The maximum Gasteiger partial charge on any atom is 0.119 e. The molecule has 0 aliphatic rings. The molecule has 0 bridgehead atoms. The first kappa shape index (κ1) is 33.4. The van der Waals surface area contributed by atoms with E-state index in [2.05, 4.69) is 108 Å². The predicted octanol–water partition coefficient (Wildman–Crippen LogP) is 9.61. The van der Waals surface area contributed by atoms with E-state index in [4.69, 9.17) is 14.5 Å². The number of hydrogen-bond donors (Lipinski definition) is 0. The Kier molecular flexibility index (Phi) is 14.1. The van der Waals surface area contributed by atoms with Gasteiger partial charge in [0.1, 0.15) is 23.9 Å². The van der Waals surface area contributed by atoms with E-state index in [-0.39, 0.29) is 0 Å². The van der Waals surface area contributed by atoms with Gasteiger partial charge < -0.3 is 18.9 Å². The van der Waals surface area contributed by atoms with Crippen molar-refractivity contribution in [2.45, 2.75) is 67.4 Å². The number of halogens is 1. The largest absolute Gasteiger partial charge is 0.494 e. The van der Waals surface area contributed by atoms with Crippen molar-refractivity contribution in [2.75, 3.05) is 26.2 Å². The van der Waals surface area contributed by atoms with E-state index in [0.29, 0.717) is 12.5 Å². The molecule has 1 aromatic heterocycles. The van der Waals surface area contributed by atoms with E-state index in [1.54, 1.807) is 0 Å². The van der Waals surface area contributed by atoms with Crippen LogP contribution in [-0.4, -0.2) is 40.7 Å². The Bertz CT molecular complexity index is 1300. The molecule has 0 amide bonds. The number of aromatic nitrogens is 2. The van der Waals surface area contributed by atoms with Crippen molar-refractivity contribution < 1.29 is 9.47 Å². The molecule has 0 saturated carbocycles. The van der Waals surface area contributed by atoms with E-state index in [1.165, 1.54) is 0 Å². The van der Waals surface area contributed by atoms with Gasteiger partial charge in [0.15, 0.2) is 0 Å². The van der Waals surface area contributed by atoms with Crippen LogP contribution in [0.1, 0.15) is 65.8 Å². The Hall–Kier alpha value is -3.09. The topological polar surface area (TPSA) is 39.5 Å². The number of imidazole rings is 1. The molecule has 0 aliphatic heterocycles. The van der Waals surface area contributed by atoms with Crippen LogP contribution in [0, 0.1) is 5.92 Å². The van der Waals surface area contributed by atoms with E-state index < -0.39 is 0 Å². The summed E-state index contributed by atoms with van der Waals surface area (Å²) in [6, 6.07) is 24.8.